The zero-order chi connectivity index (χ0) is 12.3. The van der Waals surface area contributed by atoms with Gasteiger partial charge in [0.15, 0.2) is 0 Å². The summed E-state index contributed by atoms with van der Waals surface area (Å²) in [6.45, 7) is 1.56. The third-order valence-corrected chi connectivity index (χ3v) is 1.61. The van der Waals surface area contributed by atoms with Crippen LogP contribution in [0.3, 0.4) is 0 Å². The van der Waals surface area contributed by atoms with E-state index in [9.17, 15) is 18.0 Å². The summed E-state index contributed by atoms with van der Waals surface area (Å²) in [5.74, 6) is -2.98. The van der Waals surface area contributed by atoms with Crippen LogP contribution in [-0.4, -0.2) is 27.0 Å². The van der Waals surface area contributed by atoms with Gasteiger partial charge >= 0.3 is 6.18 Å². The molecule has 0 aliphatic carbocycles. The highest BCUT2D eigenvalue weighted by Gasteiger charge is 2.34. The van der Waals surface area contributed by atoms with Crippen molar-refractivity contribution in [1.29, 1.82) is 0 Å². The van der Waals surface area contributed by atoms with E-state index in [1.54, 1.807) is 6.92 Å². The summed E-state index contributed by atoms with van der Waals surface area (Å²) in [7, 11) is 0. The van der Waals surface area contributed by atoms with E-state index in [4.69, 9.17) is 5.11 Å². The normalized spacial score (nSPS) is 12.6. The fourth-order valence-electron chi connectivity index (χ4n) is 0.869. The van der Waals surface area contributed by atoms with Crippen LogP contribution in [0.5, 0.6) is 0 Å². The van der Waals surface area contributed by atoms with Crippen molar-refractivity contribution in [3.8, 4) is 0 Å². The van der Waals surface area contributed by atoms with E-state index >= 15 is 0 Å². The molecular weight excluding hydrogens is 225 g/mol. The minimum Gasteiger partial charge on any atom is -0.504 e. The molecule has 1 aromatic heterocycles. The van der Waals surface area contributed by atoms with Crippen LogP contribution in [0.15, 0.2) is 24.2 Å². The monoisotopic (exact) mass is 232 g/mol. The van der Waals surface area contributed by atoms with Crippen molar-refractivity contribution in [2.24, 2.45) is 0 Å². The number of hydrogen-bond acceptors (Lipinski definition) is 4. The number of carbonyl (C=O) groups excluding carboxylic acids is 1. The van der Waals surface area contributed by atoms with Crippen LogP contribution in [0, 0.1) is 6.92 Å². The van der Waals surface area contributed by atoms with Gasteiger partial charge in [-0.05, 0) is 13.0 Å². The summed E-state index contributed by atoms with van der Waals surface area (Å²) >= 11 is 0. The number of allylic oxidation sites excluding steroid dienone is 2. The molecule has 1 aromatic rings. The predicted octanol–water partition coefficient (Wildman–Crippen LogP) is 1.97. The van der Waals surface area contributed by atoms with E-state index in [1.165, 1.54) is 6.07 Å². The topological polar surface area (TPSA) is 63.1 Å². The van der Waals surface area contributed by atoms with Crippen molar-refractivity contribution >= 4 is 5.78 Å². The average molecular weight is 232 g/mol. The number of nitrogens with zero attached hydrogens (tertiary/aromatic N) is 2. The molecule has 16 heavy (non-hydrogen) atoms. The Morgan fingerprint density at radius 1 is 1.44 bits per heavy atom. The number of alkyl halides is 3. The second-order valence-electron chi connectivity index (χ2n) is 2.94. The minimum absolute atomic E-state index is 0.0851. The van der Waals surface area contributed by atoms with E-state index in [1.807, 2.05) is 0 Å². The summed E-state index contributed by atoms with van der Waals surface area (Å²) in [6, 6.07) is 1.22. The zero-order valence-corrected chi connectivity index (χ0v) is 8.12. The van der Waals surface area contributed by atoms with Gasteiger partial charge in [-0.3, -0.25) is 4.79 Å². The van der Waals surface area contributed by atoms with Gasteiger partial charge in [0.25, 0.3) is 0 Å². The fraction of sp³-hybridized carbons (Fsp3) is 0.222. The average Bonchev–Trinajstić information content (AvgIpc) is 2.16. The molecule has 0 atom stereocenters. The standard InChI is InChI=1S/C9H7F3N2O2/c1-5-2-6(14-4-13-5)7(15)3-8(16)9(10,11)12/h2-4,16H,1H3/b8-3-. The van der Waals surface area contributed by atoms with Crippen molar-refractivity contribution in [3.63, 3.8) is 0 Å². The lowest BCUT2D eigenvalue weighted by Crippen LogP contribution is -2.13. The second kappa shape index (κ2) is 4.30. The molecule has 0 amide bonds. The Morgan fingerprint density at radius 2 is 2.06 bits per heavy atom. The molecule has 1 rings (SSSR count). The lowest BCUT2D eigenvalue weighted by Gasteiger charge is -2.03. The molecule has 0 saturated heterocycles. The van der Waals surface area contributed by atoms with Gasteiger partial charge in [0.1, 0.15) is 12.0 Å². The summed E-state index contributed by atoms with van der Waals surface area (Å²) in [5.41, 5.74) is 0.238. The fourth-order valence-corrected chi connectivity index (χ4v) is 0.869. The highest BCUT2D eigenvalue weighted by Crippen LogP contribution is 2.23. The molecule has 0 unspecified atom stereocenters. The first-order valence-corrected chi connectivity index (χ1v) is 4.11. The van der Waals surface area contributed by atoms with Crippen LogP contribution in [-0.2, 0) is 0 Å². The Morgan fingerprint density at radius 3 is 2.56 bits per heavy atom. The summed E-state index contributed by atoms with van der Waals surface area (Å²) in [6.07, 6.45) is -3.79. The van der Waals surface area contributed by atoms with Crippen molar-refractivity contribution < 1.29 is 23.1 Å². The Balaban J connectivity index is 2.97. The lowest BCUT2D eigenvalue weighted by atomic mass is 10.2. The number of hydrogen-bond donors (Lipinski definition) is 1. The highest BCUT2D eigenvalue weighted by molar-refractivity contribution is 6.03. The first kappa shape index (κ1) is 12.2. The minimum atomic E-state index is -4.93. The molecule has 1 heterocycles. The number of halogens is 3. The van der Waals surface area contributed by atoms with Crippen molar-refractivity contribution in [1.82, 2.24) is 9.97 Å². The molecule has 7 heteroatoms. The van der Waals surface area contributed by atoms with Crippen molar-refractivity contribution in [2.45, 2.75) is 13.1 Å². The van der Waals surface area contributed by atoms with Crippen LogP contribution in [0.1, 0.15) is 16.2 Å². The van der Waals surface area contributed by atoms with Gasteiger partial charge in [0.2, 0.25) is 11.5 Å². The molecule has 1 N–H and O–H groups in total. The molecule has 86 valence electrons. The van der Waals surface area contributed by atoms with E-state index in [2.05, 4.69) is 9.97 Å². The number of aliphatic hydroxyl groups is 1. The van der Waals surface area contributed by atoms with Crippen LogP contribution in [0.4, 0.5) is 13.2 Å². The number of ketones is 1. The van der Waals surface area contributed by atoms with Crippen LogP contribution in [0.25, 0.3) is 0 Å². The molecule has 0 aliphatic rings. The maximum absolute atomic E-state index is 11.9. The number of rotatable bonds is 2. The third-order valence-electron chi connectivity index (χ3n) is 1.61. The molecular formula is C9H7F3N2O2. The van der Waals surface area contributed by atoms with E-state index in [0.29, 0.717) is 5.69 Å². The van der Waals surface area contributed by atoms with Gasteiger partial charge in [-0.1, -0.05) is 0 Å². The van der Waals surface area contributed by atoms with Crippen molar-refractivity contribution in [3.05, 3.63) is 35.6 Å². The second-order valence-corrected chi connectivity index (χ2v) is 2.94. The maximum atomic E-state index is 11.9. The molecule has 0 fully saturated rings. The third kappa shape index (κ3) is 3.04. The van der Waals surface area contributed by atoms with Crippen LogP contribution in [0.2, 0.25) is 0 Å². The summed E-state index contributed by atoms with van der Waals surface area (Å²) < 4.78 is 35.7. The first-order valence-electron chi connectivity index (χ1n) is 4.11. The molecule has 0 spiro atoms. The lowest BCUT2D eigenvalue weighted by molar-refractivity contribution is -0.120. The Labute approximate surface area is 88.5 Å². The Bertz CT molecular complexity index is 441. The Hall–Kier alpha value is -1.92. The summed E-state index contributed by atoms with van der Waals surface area (Å²) in [5, 5.41) is 8.56. The molecule has 0 aromatic carbocycles. The first-order chi connectivity index (χ1) is 7.30. The van der Waals surface area contributed by atoms with Crippen LogP contribution >= 0.6 is 0 Å². The highest BCUT2D eigenvalue weighted by atomic mass is 19.4. The van der Waals surface area contributed by atoms with E-state index in [0.717, 1.165) is 6.33 Å². The van der Waals surface area contributed by atoms with Gasteiger partial charge in [-0.15, -0.1) is 0 Å². The largest absolute Gasteiger partial charge is 0.504 e. The van der Waals surface area contributed by atoms with E-state index in [-0.39, 0.29) is 11.8 Å². The molecule has 0 radical (unpaired) electrons. The van der Waals surface area contributed by atoms with Gasteiger partial charge in [-0.2, -0.15) is 13.2 Å². The number of aromatic nitrogens is 2. The smallest absolute Gasteiger partial charge is 0.448 e. The summed E-state index contributed by atoms with van der Waals surface area (Å²) in [4.78, 5) is 18.4. The van der Waals surface area contributed by atoms with Gasteiger partial charge in [0, 0.05) is 11.8 Å². The van der Waals surface area contributed by atoms with Gasteiger partial charge in [-0.25, -0.2) is 9.97 Å². The zero-order valence-electron chi connectivity index (χ0n) is 8.12. The predicted molar refractivity (Wildman–Crippen MR) is 47.9 cm³/mol. The SMILES string of the molecule is Cc1cc(C(=O)/C=C(\O)C(F)(F)F)ncn1. The maximum Gasteiger partial charge on any atom is 0.448 e. The molecule has 0 bridgehead atoms. The van der Waals surface area contributed by atoms with Gasteiger partial charge in [0.05, 0.1) is 0 Å². The Kier molecular flexibility index (Phi) is 3.26. The molecule has 4 nitrogen and oxygen atoms in total. The number of aryl methyl sites for hydroxylation is 1. The van der Waals surface area contributed by atoms with E-state index < -0.39 is 17.7 Å². The quantitative estimate of drug-likeness (QED) is 0.481. The van der Waals surface area contributed by atoms with Crippen molar-refractivity contribution in [2.75, 3.05) is 0 Å². The van der Waals surface area contributed by atoms with Gasteiger partial charge < -0.3 is 5.11 Å². The number of carbonyl (C=O) groups is 1. The molecule has 0 saturated carbocycles. The molecule has 0 aliphatic heterocycles. The van der Waals surface area contributed by atoms with Crippen LogP contribution < -0.4 is 0 Å². The number of aliphatic hydroxyl groups excluding tert-OH is 1.